The fourth-order valence-electron chi connectivity index (χ4n) is 3.86. The van der Waals surface area contributed by atoms with Gasteiger partial charge in [-0.05, 0) is 63.3 Å². The Morgan fingerprint density at radius 2 is 1.91 bits per heavy atom. The maximum atomic E-state index is 13.3. The summed E-state index contributed by atoms with van der Waals surface area (Å²) < 4.78 is 7.27. The number of carbonyl (C=O) groups excluding carboxylic acids is 2. The van der Waals surface area contributed by atoms with Crippen LogP contribution < -0.4 is 11.2 Å². The number of hydrogen-bond acceptors (Lipinski definition) is 6. The Morgan fingerprint density at radius 1 is 1.16 bits per heavy atom. The third kappa shape index (κ3) is 4.66. The molecule has 0 radical (unpaired) electrons. The van der Waals surface area contributed by atoms with Crippen molar-refractivity contribution in [3.05, 3.63) is 55.9 Å². The lowest BCUT2D eigenvalue weighted by Crippen LogP contribution is -2.49. The van der Waals surface area contributed by atoms with E-state index in [9.17, 15) is 19.2 Å². The largest absolute Gasteiger partial charge is 0.466 e. The molecule has 9 nitrogen and oxygen atoms in total. The predicted molar refractivity (Wildman–Crippen MR) is 119 cm³/mol. The van der Waals surface area contributed by atoms with Gasteiger partial charge in [0.1, 0.15) is 0 Å². The zero-order chi connectivity index (χ0) is 23.4. The molecular formula is C23H30N4O5. The highest BCUT2D eigenvalue weighted by Crippen LogP contribution is 2.19. The van der Waals surface area contributed by atoms with Crippen LogP contribution in [0, 0.1) is 19.8 Å². The number of benzene rings is 1. The summed E-state index contributed by atoms with van der Waals surface area (Å²) >= 11 is 0. The van der Waals surface area contributed by atoms with Crippen LogP contribution in [-0.2, 0) is 16.1 Å². The van der Waals surface area contributed by atoms with Crippen molar-refractivity contribution < 1.29 is 14.3 Å². The van der Waals surface area contributed by atoms with Gasteiger partial charge in [-0.1, -0.05) is 13.0 Å². The summed E-state index contributed by atoms with van der Waals surface area (Å²) in [6.07, 6.45) is 1.79. The van der Waals surface area contributed by atoms with Crippen LogP contribution in [0.3, 0.4) is 0 Å². The number of esters is 1. The van der Waals surface area contributed by atoms with E-state index in [1.165, 1.54) is 4.90 Å². The Hall–Kier alpha value is -3.23. The number of aromatic nitrogens is 3. The highest BCUT2D eigenvalue weighted by Gasteiger charge is 2.32. The first-order chi connectivity index (χ1) is 15.3. The highest BCUT2D eigenvalue weighted by molar-refractivity contribution is 5.92. The first-order valence-electron chi connectivity index (χ1n) is 11.1. The summed E-state index contributed by atoms with van der Waals surface area (Å²) in [6.45, 7) is 8.48. The number of hydrogen-bond donors (Lipinski definition) is 0. The van der Waals surface area contributed by atoms with Gasteiger partial charge in [0.25, 0.3) is 11.5 Å². The number of amides is 1. The van der Waals surface area contributed by atoms with Crippen molar-refractivity contribution in [3.8, 4) is 5.69 Å². The van der Waals surface area contributed by atoms with Crippen molar-refractivity contribution in [1.29, 1.82) is 0 Å². The fourth-order valence-corrected chi connectivity index (χ4v) is 3.86. The summed E-state index contributed by atoms with van der Waals surface area (Å²) in [7, 11) is 0. The molecule has 0 spiro atoms. The molecule has 0 aliphatic carbocycles. The van der Waals surface area contributed by atoms with Crippen molar-refractivity contribution in [2.24, 2.45) is 5.92 Å². The van der Waals surface area contributed by atoms with Crippen LogP contribution in [0.25, 0.3) is 5.69 Å². The van der Waals surface area contributed by atoms with Crippen molar-refractivity contribution in [1.82, 2.24) is 19.2 Å². The maximum Gasteiger partial charge on any atom is 0.352 e. The Labute approximate surface area is 186 Å². The lowest BCUT2D eigenvalue weighted by atomic mass is 9.98. The Bertz CT molecular complexity index is 1130. The molecule has 2 aromatic rings. The maximum absolute atomic E-state index is 13.3. The molecule has 0 bridgehead atoms. The monoisotopic (exact) mass is 442 g/mol. The number of aryl methyl sites for hydroxylation is 2. The first-order valence-corrected chi connectivity index (χ1v) is 11.1. The number of ether oxygens (including phenoxy) is 1. The minimum absolute atomic E-state index is 0.162. The van der Waals surface area contributed by atoms with E-state index < -0.39 is 23.1 Å². The molecule has 9 heteroatoms. The molecular weight excluding hydrogens is 412 g/mol. The molecule has 1 aromatic heterocycles. The number of piperidine rings is 1. The van der Waals surface area contributed by atoms with Gasteiger partial charge in [0.05, 0.1) is 18.2 Å². The lowest BCUT2D eigenvalue weighted by molar-refractivity contribution is -0.149. The van der Waals surface area contributed by atoms with E-state index in [4.69, 9.17) is 4.74 Å². The molecule has 1 amide bonds. The molecule has 1 aliphatic rings. The third-order valence-corrected chi connectivity index (χ3v) is 5.77. The van der Waals surface area contributed by atoms with Crippen LogP contribution >= 0.6 is 0 Å². The topological polar surface area (TPSA) is 104 Å². The van der Waals surface area contributed by atoms with Crippen LogP contribution in [0.2, 0.25) is 0 Å². The summed E-state index contributed by atoms with van der Waals surface area (Å²) in [5, 5.41) is 4.20. The summed E-state index contributed by atoms with van der Waals surface area (Å²) in [4.78, 5) is 53.0. The number of rotatable bonds is 6. The van der Waals surface area contributed by atoms with Crippen LogP contribution in [0.15, 0.2) is 27.8 Å². The minimum atomic E-state index is -0.708. The molecule has 1 unspecified atom stereocenters. The average molecular weight is 443 g/mol. The third-order valence-electron chi connectivity index (χ3n) is 5.77. The molecule has 1 aromatic carbocycles. The lowest BCUT2D eigenvalue weighted by Gasteiger charge is -2.31. The second kappa shape index (κ2) is 9.93. The molecule has 0 N–H and O–H groups in total. The first kappa shape index (κ1) is 23.4. The fraction of sp³-hybridized carbons (Fsp3) is 0.522. The number of carbonyl (C=O) groups is 2. The van der Waals surface area contributed by atoms with Gasteiger partial charge in [-0.3, -0.25) is 19.0 Å². The molecule has 1 fully saturated rings. The van der Waals surface area contributed by atoms with E-state index in [0.29, 0.717) is 31.5 Å². The summed E-state index contributed by atoms with van der Waals surface area (Å²) in [6, 6.07) is 5.41. The average Bonchev–Trinajstić information content (AvgIpc) is 2.78. The Morgan fingerprint density at radius 3 is 2.56 bits per heavy atom. The van der Waals surface area contributed by atoms with E-state index in [-0.39, 0.29) is 31.4 Å². The van der Waals surface area contributed by atoms with E-state index in [0.717, 1.165) is 20.4 Å². The second-order valence-electron chi connectivity index (χ2n) is 8.11. The quantitative estimate of drug-likeness (QED) is 0.633. The second-order valence-corrected chi connectivity index (χ2v) is 8.11. The molecule has 32 heavy (non-hydrogen) atoms. The molecule has 1 saturated heterocycles. The highest BCUT2D eigenvalue weighted by atomic mass is 16.5. The Kier molecular flexibility index (Phi) is 7.27. The van der Waals surface area contributed by atoms with Crippen LogP contribution in [0.5, 0.6) is 0 Å². The van der Waals surface area contributed by atoms with E-state index in [2.05, 4.69) is 5.10 Å². The van der Waals surface area contributed by atoms with Crippen LogP contribution in [-0.4, -0.2) is 50.8 Å². The smallest absolute Gasteiger partial charge is 0.352 e. The molecule has 1 aliphatic heterocycles. The molecule has 3 rings (SSSR count). The molecule has 1 atom stereocenters. The summed E-state index contributed by atoms with van der Waals surface area (Å²) in [5.74, 6) is -1.36. The number of nitrogens with zero attached hydrogens (tertiary/aromatic N) is 4. The van der Waals surface area contributed by atoms with E-state index in [1.807, 2.05) is 26.8 Å². The molecule has 2 heterocycles. The van der Waals surface area contributed by atoms with Gasteiger partial charge in [-0.15, -0.1) is 0 Å². The van der Waals surface area contributed by atoms with Gasteiger partial charge in [0.2, 0.25) is 5.69 Å². The zero-order valence-corrected chi connectivity index (χ0v) is 19.1. The molecule has 0 saturated carbocycles. The SMILES string of the molecule is CCCn1c(=O)c(C(=O)N2CCCC(C(=O)OCC)C2)nn(-c2ccc(C)c(C)c2)c1=O. The normalized spacial score (nSPS) is 16.1. The minimum Gasteiger partial charge on any atom is -0.466 e. The van der Waals surface area contributed by atoms with Gasteiger partial charge in [0, 0.05) is 19.6 Å². The van der Waals surface area contributed by atoms with E-state index >= 15 is 0 Å². The van der Waals surface area contributed by atoms with Crippen molar-refractivity contribution in [3.63, 3.8) is 0 Å². The van der Waals surface area contributed by atoms with Crippen molar-refractivity contribution in [2.75, 3.05) is 19.7 Å². The van der Waals surface area contributed by atoms with Gasteiger partial charge in [0.15, 0.2) is 0 Å². The van der Waals surface area contributed by atoms with Crippen LogP contribution in [0.4, 0.5) is 0 Å². The predicted octanol–water partition coefficient (Wildman–Crippen LogP) is 1.84. The van der Waals surface area contributed by atoms with Crippen molar-refractivity contribution in [2.45, 2.75) is 53.5 Å². The molecule has 172 valence electrons. The Balaban J connectivity index is 2.05. The van der Waals surface area contributed by atoms with Crippen LogP contribution in [0.1, 0.15) is 54.7 Å². The van der Waals surface area contributed by atoms with Gasteiger partial charge in [-0.25, -0.2) is 4.79 Å². The zero-order valence-electron chi connectivity index (χ0n) is 19.1. The van der Waals surface area contributed by atoms with Gasteiger partial charge in [-0.2, -0.15) is 9.78 Å². The number of likely N-dealkylation sites (tertiary alicyclic amines) is 1. The standard InChI is InChI=1S/C23H30N4O5/c1-5-11-26-21(29)19(20(28)25-12-7-8-17(14-25)22(30)32-6-2)24-27(23(26)31)18-10-9-15(3)16(4)13-18/h9-10,13,17H,5-8,11-12,14H2,1-4H3. The van der Waals surface area contributed by atoms with E-state index in [1.54, 1.807) is 19.1 Å². The van der Waals surface area contributed by atoms with Gasteiger partial charge >= 0.3 is 11.7 Å². The summed E-state index contributed by atoms with van der Waals surface area (Å²) in [5.41, 5.74) is 0.893. The van der Waals surface area contributed by atoms with Crippen molar-refractivity contribution >= 4 is 11.9 Å². The van der Waals surface area contributed by atoms with Gasteiger partial charge < -0.3 is 9.64 Å².